The number of aromatic nitrogens is 2. The number of rotatable bonds is 10. The van der Waals surface area contributed by atoms with E-state index in [0.29, 0.717) is 48.3 Å². The third kappa shape index (κ3) is 6.07. The number of nitrogens with zero attached hydrogens (tertiary/aromatic N) is 2. The van der Waals surface area contributed by atoms with Crippen molar-refractivity contribution in [1.82, 2.24) is 14.9 Å². The monoisotopic (exact) mass is 391 g/mol. The van der Waals surface area contributed by atoms with Crippen LogP contribution in [0.2, 0.25) is 0 Å². The van der Waals surface area contributed by atoms with Crippen molar-refractivity contribution in [3.63, 3.8) is 0 Å². The first-order chi connectivity index (χ1) is 12.9. The number of hydrogen-bond acceptors (Lipinski definition) is 5. The molecule has 6 nitrogen and oxygen atoms in total. The third-order valence-corrected chi connectivity index (χ3v) is 5.13. The fourth-order valence-electron chi connectivity index (χ4n) is 2.56. The van der Waals surface area contributed by atoms with Crippen molar-refractivity contribution in [3.8, 4) is 0 Å². The molecule has 1 amide bonds. The van der Waals surface area contributed by atoms with Gasteiger partial charge in [-0.1, -0.05) is 37.7 Å². The Labute approximate surface area is 164 Å². The largest absolute Gasteiger partial charge is 0.382 e. The molecule has 0 aliphatic rings. The Balaban J connectivity index is 2.26. The van der Waals surface area contributed by atoms with Gasteiger partial charge in [0, 0.05) is 26.3 Å². The summed E-state index contributed by atoms with van der Waals surface area (Å²) < 4.78 is 7.05. The number of para-hydroxylation sites is 1. The van der Waals surface area contributed by atoms with Crippen molar-refractivity contribution in [3.05, 3.63) is 34.6 Å². The second-order valence-electron chi connectivity index (χ2n) is 6.82. The zero-order chi connectivity index (χ0) is 19.8. The lowest BCUT2D eigenvalue weighted by Gasteiger charge is -2.17. The second kappa shape index (κ2) is 10.5. The van der Waals surface area contributed by atoms with Crippen LogP contribution in [0.4, 0.5) is 0 Å². The summed E-state index contributed by atoms with van der Waals surface area (Å²) in [6, 6.07) is 7.32. The van der Waals surface area contributed by atoms with E-state index >= 15 is 0 Å². The van der Waals surface area contributed by atoms with E-state index in [1.807, 2.05) is 32.0 Å². The maximum atomic E-state index is 12.9. The van der Waals surface area contributed by atoms with E-state index in [1.165, 1.54) is 11.8 Å². The molecule has 7 heteroatoms. The first kappa shape index (κ1) is 21.4. The van der Waals surface area contributed by atoms with Gasteiger partial charge in [-0.25, -0.2) is 4.98 Å². The molecule has 148 valence electrons. The van der Waals surface area contributed by atoms with E-state index < -0.39 is 0 Å². The summed E-state index contributed by atoms with van der Waals surface area (Å²) >= 11 is 1.32. The Bertz CT molecular complexity index is 820. The first-order valence-electron chi connectivity index (χ1n) is 9.45. The molecule has 1 heterocycles. The zero-order valence-corrected chi connectivity index (χ0v) is 17.3. The molecular weight excluding hydrogens is 362 g/mol. The molecule has 0 radical (unpaired) electrons. The Morgan fingerprint density at radius 1 is 1.30 bits per heavy atom. The van der Waals surface area contributed by atoms with Crippen LogP contribution in [-0.4, -0.2) is 40.5 Å². The van der Waals surface area contributed by atoms with Gasteiger partial charge in [-0.15, -0.1) is 0 Å². The molecule has 1 atom stereocenters. The Hall–Kier alpha value is -1.86. The lowest BCUT2D eigenvalue weighted by atomic mass is 10.2. The highest BCUT2D eigenvalue weighted by Gasteiger charge is 2.19. The van der Waals surface area contributed by atoms with Gasteiger partial charge in [-0.2, -0.15) is 0 Å². The normalized spacial score (nSPS) is 12.5. The van der Waals surface area contributed by atoms with Gasteiger partial charge < -0.3 is 10.1 Å². The summed E-state index contributed by atoms with van der Waals surface area (Å²) in [5.74, 6) is 0.346. The first-order valence-corrected chi connectivity index (χ1v) is 10.3. The minimum absolute atomic E-state index is 0.0445. The van der Waals surface area contributed by atoms with Crippen molar-refractivity contribution in [1.29, 1.82) is 0 Å². The van der Waals surface area contributed by atoms with Gasteiger partial charge in [0.15, 0.2) is 5.16 Å². The average molecular weight is 392 g/mol. The summed E-state index contributed by atoms with van der Waals surface area (Å²) in [7, 11) is 0. The standard InChI is InChI=1S/C20H29N3O3S/c1-5-26-12-8-11-23-19(25)16-9-6-7-10-17(16)22-20(23)27-15(4)18(24)21-13-14(2)3/h6-7,9-10,14-15H,5,8,11-13H2,1-4H3,(H,21,24). The van der Waals surface area contributed by atoms with Crippen LogP contribution in [-0.2, 0) is 16.1 Å². The van der Waals surface area contributed by atoms with Crippen LogP contribution in [0.5, 0.6) is 0 Å². The lowest BCUT2D eigenvalue weighted by Crippen LogP contribution is -2.34. The molecule has 0 fully saturated rings. The lowest BCUT2D eigenvalue weighted by molar-refractivity contribution is -0.120. The number of hydrogen-bond donors (Lipinski definition) is 1. The summed E-state index contributed by atoms with van der Waals surface area (Å²) in [6.45, 7) is 10.3. The fraction of sp³-hybridized carbons (Fsp3) is 0.550. The van der Waals surface area contributed by atoms with Crippen molar-refractivity contribution in [2.75, 3.05) is 19.8 Å². The number of amides is 1. The summed E-state index contributed by atoms with van der Waals surface area (Å²) in [5.41, 5.74) is 0.579. The Morgan fingerprint density at radius 3 is 2.74 bits per heavy atom. The number of carbonyl (C=O) groups excluding carboxylic acids is 1. The highest BCUT2D eigenvalue weighted by Crippen LogP contribution is 2.23. The molecule has 0 saturated heterocycles. The van der Waals surface area contributed by atoms with Gasteiger partial charge in [0.05, 0.1) is 16.2 Å². The number of nitrogens with one attached hydrogen (secondary N) is 1. The Kier molecular flexibility index (Phi) is 8.31. The van der Waals surface area contributed by atoms with E-state index in [0.717, 1.165) is 6.42 Å². The maximum absolute atomic E-state index is 12.9. The SMILES string of the molecule is CCOCCCn1c(SC(C)C(=O)NCC(C)C)nc2ccccc2c1=O. The van der Waals surface area contributed by atoms with Gasteiger partial charge in [0.25, 0.3) is 5.56 Å². The van der Waals surface area contributed by atoms with Crippen molar-refractivity contribution in [2.24, 2.45) is 5.92 Å². The fourth-order valence-corrected chi connectivity index (χ4v) is 3.52. The minimum atomic E-state index is -0.338. The van der Waals surface area contributed by atoms with E-state index in [1.54, 1.807) is 10.6 Å². The van der Waals surface area contributed by atoms with Crippen molar-refractivity contribution >= 4 is 28.6 Å². The van der Waals surface area contributed by atoms with Crippen molar-refractivity contribution < 1.29 is 9.53 Å². The molecular formula is C20H29N3O3S. The van der Waals surface area contributed by atoms with Gasteiger partial charge in [0.2, 0.25) is 5.91 Å². The second-order valence-corrected chi connectivity index (χ2v) is 8.13. The van der Waals surface area contributed by atoms with Crippen LogP contribution in [0.25, 0.3) is 10.9 Å². The molecule has 2 rings (SSSR count). The number of thioether (sulfide) groups is 1. The molecule has 1 aromatic carbocycles. The van der Waals surface area contributed by atoms with Crippen LogP contribution < -0.4 is 10.9 Å². The molecule has 2 aromatic rings. The number of benzene rings is 1. The highest BCUT2D eigenvalue weighted by atomic mass is 32.2. The average Bonchev–Trinajstić information content (AvgIpc) is 2.65. The molecule has 1 aromatic heterocycles. The predicted octanol–water partition coefficient (Wildman–Crippen LogP) is 3.08. The van der Waals surface area contributed by atoms with Crippen molar-refractivity contribution in [2.45, 2.75) is 51.1 Å². The van der Waals surface area contributed by atoms with Crippen LogP contribution in [0.3, 0.4) is 0 Å². The molecule has 0 spiro atoms. The molecule has 1 N–H and O–H groups in total. The Morgan fingerprint density at radius 2 is 2.04 bits per heavy atom. The van der Waals surface area contributed by atoms with E-state index in [4.69, 9.17) is 4.74 Å². The summed E-state index contributed by atoms with van der Waals surface area (Å²) in [4.78, 5) is 29.9. The van der Waals surface area contributed by atoms with Crippen LogP contribution >= 0.6 is 11.8 Å². The van der Waals surface area contributed by atoms with Crippen LogP contribution in [0.15, 0.2) is 34.2 Å². The quantitative estimate of drug-likeness (QED) is 0.383. The zero-order valence-electron chi connectivity index (χ0n) is 16.5. The number of ether oxygens (including phenoxy) is 1. The maximum Gasteiger partial charge on any atom is 0.262 e. The molecule has 1 unspecified atom stereocenters. The van der Waals surface area contributed by atoms with Gasteiger partial charge >= 0.3 is 0 Å². The van der Waals surface area contributed by atoms with E-state index in [-0.39, 0.29) is 16.7 Å². The van der Waals surface area contributed by atoms with E-state index in [9.17, 15) is 9.59 Å². The van der Waals surface area contributed by atoms with Gasteiger partial charge in [0.1, 0.15) is 0 Å². The summed E-state index contributed by atoms with van der Waals surface area (Å²) in [5, 5.41) is 3.76. The highest BCUT2D eigenvalue weighted by molar-refractivity contribution is 8.00. The molecule has 0 bridgehead atoms. The molecule has 0 aliphatic heterocycles. The van der Waals surface area contributed by atoms with Gasteiger partial charge in [-0.05, 0) is 38.3 Å². The molecule has 0 saturated carbocycles. The van der Waals surface area contributed by atoms with Crippen LogP contribution in [0, 0.1) is 5.92 Å². The number of carbonyl (C=O) groups is 1. The van der Waals surface area contributed by atoms with Crippen LogP contribution in [0.1, 0.15) is 34.1 Å². The number of fused-ring (bicyclic) bond motifs is 1. The molecule has 0 aliphatic carbocycles. The summed E-state index contributed by atoms with van der Waals surface area (Å²) in [6.07, 6.45) is 0.718. The smallest absolute Gasteiger partial charge is 0.262 e. The van der Waals surface area contributed by atoms with E-state index in [2.05, 4.69) is 24.1 Å². The minimum Gasteiger partial charge on any atom is -0.382 e. The molecule has 27 heavy (non-hydrogen) atoms. The third-order valence-electron chi connectivity index (χ3n) is 4.04. The topological polar surface area (TPSA) is 73.2 Å². The predicted molar refractivity (Wildman–Crippen MR) is 110 cm³/mol. The van der Waals surface area contributed by atoms with Gasteiger partial charge in [-0.3, -0.25) is 14.2 Å².